The van der Waals surface area contributed by atoms with Gasteiger partial charge in [-0.15, -0.1) is 0 Å². The Morgan fingerprint density at radius 1 is 0.882 bits per heavy atom. The van der Waals surface area contributed by atoms with Gasteiger partial charge in [-0.05, 0) is 59.4 Å². The minimum Gasteiger partial charge on any atom is -0.497 e. The Labute approximate surface area is 208 Å². The van der Waals surface area contributed by atoms with E-state index in [9.17, 15) is 0 Å². The number of rotatable bonds is 13. The molecule has 1 heterocycles. The van der Waals surface area contributed by atoms with Gasteiger partial charge < -0.3 is 34.5 Å². The van der Waals surface area contributed by atoms with Crippen LogP contribution >= 0.6 is 15.9 Å². The highest BCUT2D eigenvalue weighted by Crippen LogP contribution is 2.32. The number of hydrogen-bond donors (Lipinski definition) is 2. The van der Waals surface area contributed by atoms with Crippen molar-refractivity contribution in [2.24, 2.45) is 0 Å². The fraction of sp³-hybridized carbons (Fsp3) is 0.333. The van der Waals surface area contributed by atoms with Gasteiger partial charge in [0.15, 0.2) is 11.5 Å². The van der Waals surface area contributed by atoms with Gasteiger partial charge in [-0.25, -0.2) is 4.98 Å². The molecule has 9 nitrogen and oxygen atoms in total. The highest BCUT2D eigenvalue weighted by atomic mass is 79.9. The number of anilines is 4. The number of nitrogens with zero attached hydrogens (tertiary/aromatic N) is 3. The number of benzene rings is 2. The van der Waals surface area contributed by atoms with E-state index in [-0.39, 0.29) is 0 Å². The Morgan fingerprint density at radius 3 is 2.32 bits per heavy atom. The van der Waals surface area contributed by atoms with E-state index in [1.54, 1.807) is 27.5 Å². The first-order valence-corrected chi connectivity index (χ1v) is 11.5. The lowest BCUT2D eigenvalue weighted by atomic mass is 10.2. The van der Waals surface area contributed by atoms with E-state index in [4.69, 9.17) is 18.9 Å². The van der Waals surface area contributed by atoms with Crippen LogP contribution in [0.1, 0.15) is 0 Å². The summed E-state index contributed by atoms with van der Waals surface area (Å²) in [7, 11) is 6.98. The van der Waals surface area contributed by atoms with Gasteiger partial charge >= 0.3 is 0 Å². The summed E-state index contributed by atoms with van der Waals surface area (Å²) < 4.78 is 22.5. The summed E-state index contributed by atoms with van der Waals surface area (Å²) in [6.45, 7) is 2.80. The van der Waals surface area contributed by atoms with E-state index >= 15 is 0 Å². The van der Waals surface area contributed by atoms with Gasteiger partial charge in [0.25, 0.3) is 0 Å². The maximum absolute atomic E-state index is 5.98. The van der Waals surface area contributed by atoms with Crippen LogP contribution in [0.3, 0.4) is 0 Å². The molecule has 0 aliphatic rings. The third-order valence-electron chi connectivity index (χ3n) is 4.92. The van der Waals surface area contributed by atoms with E-state index in [0.29, 0.717) is 36.5 Å². The van der Waals surface area contributed by atoms with E-state index in [2.05, 4.69) is 41.4 Å². The molecule has 10 heteroatoms. The lowest BCUT2D eigenvalue weighted by molar-refractivity contribution is 0.149. The number of aromatic nitrogens is 2. The maximum atomic E-state index is 5.98. The Hall–Kier alpha value is -3.08. The zero-order valence-corrected chi connectivity index (χ0v) is 21.4. The highest BCUT2D eigenvalue weighted by molar-refractivity contribution is 9.10. The maximum Gasteiger partial charge on any atom is 0.229 e. The SMILES string of the molecule is COCCN(C)CCOc1cc(Nc2ncc(Br)c(Nc3ccc(OC)cc3)n2)ccc1OC. The number of ether oxygens (including phenoxy) is 4. The summed E-state index contributed by atoms with van der Waals surface area (Å²) in [6.07, 6.45) is 1.69. The van der Waals surface area contributed by atoms with Gasteiger partial charge in [0.05, 0.1) is 25.3 Å². The summed E-state index contributed by atoms with van der Waals surface area (Å²) >= 11 is 3.50. The van der Waals surface area contributed by atoms with Crippen molar-refractivity contribution in [2.45, 2.75) is 0 Å². The van der Waals surface area contributed by atoms with E-state index < -0.39 is 0 Å². The Morgan fingerprint density at radius 2 is 1.62 bits per heavy atom. The smallest absolute Gasteiger partial charge is 0.229 e. The van der Waals surface area contributed by atoms with Gasteiger partial charge in [-0.1, -0.05) is 0 Å². The van der Waals surface area contributed by atoms with Crippen LogP contribution in [0.25, 0.3) is 0 Å². The van der Waals surface area contributed by atoms with Crippen molar-refractivity contribution in [3.63, 3.8) is 0 Å². The molecule has 182 valence electrons. The molecule has 1 aromatic heterocycles. The Bertz CT molecular complexity index is 1050. The standard InChI is InChI=1S/C24H30BrN5O4/c1-30(11-13-31-2)12-14-34-22-15-18(7-10-21(22)33-4)28-24-26-16-20(25)23(29-24)27-17-5-8-19(32-3)9-6-17/h5-10,15-16H,11-14H2,1-4H3,(H2,26,27,28,29). The van der Waals surface area contributed by atoms with Crippen molar-refractivity contribution in [3.05, 3.63) is 53.1 Å². The molecule has 0 unspecified atom stereocenters. The quantitative estimate of drug-likeness (QED) is 0.325. The lowest BCUT2D eigenvalue weighted by Crippen LogP contribution is -2.27. The van der Waals surface area contributed by atoms with E-state index in [1.165, 1.54) is 0 Å². The highest BCUT2D eigenvalue weighted by Gasteiger charge is 2.10. The van der Waals surface area contributed by atoms with Crippen LogP contribution in [0.15, 0.2) is 53.1 Å². The number of halogens is 1. The molecule has 0 bridgehead atoms. The summed E-state index contributed by atoms with van der Waals surface area (Å²) in [5.41, 5.74) is 1.66. The van der Waals surface area contributed by atoms with Crippen molar-refractivity contribution in [3.8, 4) is 17.2 Å². The zero-order chi connectivity index (χ0) is 24.3. The molecule has 0 aliphatic heterocycles. The molecule has 2 N–H and O–H groups in total. The van der Waals surface area contributed by atoms with Crippen LogP contribution in [0, 0.1) is 0 Å². The largest absolute Gasteiger partial charge is 0.497 e. The second-order valence-corrected chi connectivity index (χ2v) is 8.23. The average molecular weight is 532 g/mol. The number of likely N-dealkylation sites (N-methyl/N-ethyl adjacent to an activating group) is 1. The van der Waals surface area contributed by atoms with Crippen molar-refractivity contribution < 1.29 is 18.9 Å². The van der Waals surface area contributed by atoms with E-state index in [0.717, 1.165) is 34.7 Å². The predicted octanol–water partition coefficient (Wildman–Crippen LogP) is 4.70. The normalized spacial score (nSPS) is 10.8. The van der Waals surface area contributed by atoms with Crippen molar-refractivity contribution in [1.82, 2.24) is 14.9 Å². The fourth-order valence-corrected chi connectivity index (χ4v) is 3.28. The van der Waals surface area contributed by atoms with Crippen LogP contribution in [-0.2, 0) is 4.74 Å². The zero-order valence-electron chi connectivity index (χ0n) is 19.8. The van der Waals surface area contributed by atoms with Gasteiger partial charge in [0.1, 0.15) is 18.2 Å². The molecule has 0 amide bonds. The van der Waals surface area contributed by atoms with Gasteiger partial charge in [-0.2, -0.15) is 4.98 Å². The van der Waals surface area contributed by atoms with Crippen LogP contribution in [0.2, 0.25) is 0 Å². The first kappa shape index (κ1) is 25.5. The second-order valence-electron chi connectivity index (χ2n) is 7.38. The van der Waals surface area contributed by atoms with Crippen LogP contribution in [0.5, 0.6) is 17.2 Å². The summed E-state index contributed by atoms with van der Waals surface area (Å²) in [5, 5.41) is 6.51. The van der Waals surface area contributed by atoms with Crippen molar-refractivity contribution >= 4 is 39.1 Å². The van der Waals surface area contributed by atoms with Crippen molar-refractivity contribution in [2.75, 3.05) is 65.3 Å². The average Bonchev–Trinajstić information content (AvgIpc) is 2.85. The minimum absolute atomic E-state index is 0.439. The molecule has 0 fully saturated rings. The van der Waals surface area contributed by atoms with Gasteiger partial charge in [-0.3, -0.25) is 0 Å². The molecular weight excluding hydrogens is 502 g/mol. The molecule has 34 heavy (non-hydrogen) atoms. The summed E-state index contributed by atoms with van der Waals surface area (Å²) in [6, 6.07) is 13.2. The molecular formula is C24H30BrN5O4. The molecule has 3 rings (SSSR count). The molecule has 0 saturated carbocycles. The third-order valence-corrected chi connectivity index (χ3v) is 5.50. The molecule has 0 spiro atoms. The Kier molecular flexibility index (Phi) is 9.75. The van der Waals surface area contributed by atoms with Gasteiger partial charge in [0, 0.05) is 43.8 Å². The monoisotopic (exact) mass is 531 g/mol. The minimum atomic E-state index is 0.439. The molecule has 0 atom stereocenters. The lowest BCUT2D eigenvalue weighted by Gasteiger charge is -2.18. The fourth-order valence-electron chi connectivity index (χ4n) is 2.99. The van der Waals surface area contributed by atoms with Crippen LogP contribution < -0.4 is 24.8 Å². The van der Waals surface area contributed by atoms with Gasteiger partial charge in [0.2, 0.25) is 5.95 Å². The number of hydrogen-bond acceptors (Lipinski definition) is 9. The molecule has 2 aromatic carbocycles. The van der Waals surface area contributed by atoms with E-state index in [1.807, 2.05) is 49.5 Å². The van der Waals surface area contributed by atoms with Crippen molar-refractivity contribution in [1.29, 1.82) is 0 Å². The molecule has 0 aliphatic carbocycles. The number of nitrogens with one attached hydrogen (secondary N) is 2. The van der Waals surface area contributed by atoms with Crippen LogP contribution in [-0.4, -0.2) is 69.5 Å². The van der Waals surface area contributed by atoms with Crippen LogP contribution in [0.4, 0.5) is 23.1 Å². The first-order valence-electron chi connectivity index (χ1n) is 10.7. The molecule has 0 radical (unpaired) electrons. The molecule has 0 saturated heterocycles. The third kappa shape index (κ3) is 7.47. The first-order chi connectivity index (χ1) is 16.5. The summed E-state index contributed by atoms with van der Waals surface area (Å²) in [5.74, 6) is 3.15. The predicted molar refractivity (Wildman–Crippen MR) is 137 cm³/mol. The Balaban J connectivity index is 1.68. The molecule has 3 aromatic rings. The second kappa shape index (κ2) is 13.0. The number of methoxy groups -OCH3 is 3. The topological polar surface area (TPSA) is 90.0 Å². The summed E-state index contributed by atoms with van der Waals surface area (Å²) in [4.78, 5) is 11.1.